The van der Waals surface area contributed by atoms with Crippen LogP contribution in [0.2, 0.25) is 0 Å². The minimum atomic E-state index is -1.23. The van der Waals surface area contributed by atoms with E-state index in [0.717, 1.165) is 11.0 Å². The maximum atomic E-state index is 11.1. The summed E-state index contributed by atoms with van der Waals surface area (Å²) < 4.78 is 14.0. The minimum absolute atomic E-state index is 0.395. The van der Waals surface area contributed by atoms with Gasteiger partial charge in [0, 0.05) is 18.6 Å². The Labute approximate surface area is 142 Å². The minimum Gasteiger partial charge on any atom is -0.399 e. The van der Waals surface area contributed by atoms with Gasteiger partial charge < -0.3 is 19.0 Å². The van der Waals surface area contributed by atoms with Gasteiger partial charge in [0.25, 0.3) is 0 Å². The van der Waals surface area contributed by atoms with Crippen molar-refractivity contribution in [1.82, 2.24) is 9.55 Å². The van der Waals surface area contributed by atoms with Crippen molar-refractivity contribution in [2.75, 3.05) is 0 Å². The lowest BCUT2D eigenvalue weighted by Gasteiger charge is -2.32. The third kappa shape index (κ3) is 2.10. The average Bonchev–Trinajstić information content (AvgIpc) is 3.16. The molecular weight excluding hydrogens is 303 g/mol. The third-order valence-corrected chi connectivity index (χ3v) is 5.34. The van der Waals surface area contributed by atoms with Crippen LogP contribution in [-0.4, -0.2) is 33.0 Å². The number of aliphatic hydroxyl groups is 1. The molecule has 1 N–H and O–H groups in total. The number of imidazole rings is 1. The molecule has 2 aliphatic heterocycles. The van der Waals surface area contributed by atoms with Crippen molar-refractivity contribution in [3.63, 3.8) is 0 Å². The first kappa shape index (κ1) is 15.6. The SMILES string of the molecule is CC1(C)OB(c2cccc([C@@]3(O)C=Cn4ccnc43)c2)OC1(C)C. The van der Waals surface area contributed by atoms with Gasteiger partial charge in [-0.05, 0) is 44.8 Å². The second kappa shape index (κ2) is 4.82. The summed E-state index contributed by atoms with van der Waals surface area (Å²) >= 11 is 0. The van der Waals surface area contributed by atoms with Crippen LogP contribution in [0.15, 0.2) is 42.7 Å². The number of hydrogen-bond acceptors (Lipinski definition) is 4. The van der Waals surface area contributed by atoms with Crippen molar-refractivity contribution in [2.24, 2.45) is 0 Å². The molecule has 6 heteroatoms. The Bertz CT molecular complexity index is 811. The van der Waals surface area contributed by atoms with E-state index in [1.54, 1.807) is 12.3 Å². The quantitative estimate of drug-likeness (QED) is 0.858. The van der Waals surface area contributed by atoms with E-state index in [-0.39, 0.29) is 0 Å². The van der Waals surface area contributed by atoms with Crippen LogP contribution < -0.4 is 5.46 Å². The van der Waals surface area contributed by atoms with E-state index in [2.05, 4.69) is 4.98 Å². The molecule has 3 heterocycles. The number of fused-ring (bicyclic) bond motifs is 1. The molecule has 0 saturated carbocycles. The zero-order valence-electron chi connectivity index (χ0n) is 14.4. The molecule has 2 aliphatic rings. The van der Waals surface area contributed by atoms with Gasteiger partial charge in [0.15, 0.2) is 11.4 Å². The normalized spacial score (nSPS) is 26.8. The zero-order chi connectivity index (χ0) is 17.2. The fourth-order valence-electron chi connectivity index (χ4n) is 3.12. The lowest BCUT2D eigenvalue weighted by molar-refractivity contribution is 0.00578. The van der Waals surface area contributed by atoms with Gasteiger partial charge in [0.2, 0.25) is 0 Å². The van der Waals surface area contributed by atoms with Crippen LogP contribution >= 0.6 is 0 Å². The molecule has 1 saturated heterocycles. The van der Waals surface area contributed by atoms with Crippen molar-refractivity contribution in [1.29, 1.82) is 0 Å². The second-order valence-corrected chi connectivity index (χ2v) is 7.45. The van der Waals surface area contributed by atoms with E-state index in [1.165, 1.54) is 0 Å². The summed E-state index contributed by atoms with van der Waals surface area (Å²) in [5.41, 5.74) is -0.389. The van der Waals surface area contributed by atoms with E-state index in [4.69, 9.17) is 9.31 Å². The molecule has 2 aromatic rings. The zero-order valence-corrected chi connectivity index (χ0v) is 14.4. The molecule has 0 amide bonds. The molecule has 1 fully saturated rings. The molecule has 1 aromatic heterocycles. The Morgan fingerprint density at radius 2 is 1.83 bits per heavy atom. The third-order valence-electron chi connectivity index (χ3n) is 5.34. The number of benzene rings is 1. The van der Waals surface area contributed by atoms with Crippen LogP contribution in [0.3, 0.4) is 0 Å². The molecule has 0 aliphatic carbocycles. The number of aromatic nitrogens is 2. The predicted molar refractivity (Wildman–Crippen MR) is 92.7 cm³/mol. The Morgan fingerprint density at radius 3 is 2.54 bits per heavy atom. The van der Waals surface area contributed by atoms with Crippen molar-refractivity contribution < 1.29 is 14.4 Å². The molecule has 4 rings (SSSR count). The lowest BCUT2D eigenvalue weighted by atomic mass is 9.77. The Kier molecular flexibility index (Phi) is 3.14. The lowest BCUT2D eigenvalue weighted by Crippen LogP contribution is -2.41. The van der Waals surface area contributed by atoms with Crippen LogP contribution in [0.5, 0.6) is 0 Å². The maximum absolute atomic E-state index is 11.1. The molecule has 124 valence electrons. The van der Waals surface area contributed by atoms with Gasteiger partial charge in [-0.3, -0.25) is 0 Å². The van der Waals surface area contributed by atoms with Gasteiger partial charge >= 0.3 is 7.12 Å². The highest BCUT2D eigenvalue weighted by atomic mass is 16.7. The summed E-state index contributed by atoms with van der Waals surface area (Å²) in [7, 11) is -0.455. The van der Waals surface area contributed by atoms with Crippen molar-refractivity contribution in [2.45, 2.75) is 44.5 Å². The van der Waals surface area contributed by atoms with Gasteiger partial charge in [-0.1, -0.05) is 24.3 Å². The number of nitrogens with zero attached hydrogens (tertiary/aromatic N) is 2. The molecule has 0 unspecified atom stereocenters. The van der Waals surface area contributed by atoms with Crippen molar-refractivity contribution in [3.05, 3.63) is 54.1 Å². The Hall–Kier alpha value is -1.89. The molecule has 0 radical (unpaired) electrons. The predicted octanol–water partition coefficient (Wildman–Crippen LogP) is 1.90. The summed E-state index contributed by atoms with van der Waals surface area (Å²) in [4.78, 5) is 4.29. The van der Waals surface area contributed by atoms with E-state index in [1.807, 2.05) is 68.9 Å². The summed E-state index contributed by atoms with van der Waals surface area (Å²) in [6.45, 7) is 8.11. The smallest absolute Gasteiger partial charge is 0.399 e. The standard InChI is InChI=1S/C18H21BN2O3/c1-16(2)17(3,4)24-19(23-16)14-7-5-6-13(12-14)18(22)8-10-21-11-9-20-15(18)21/h5-12,22H,1-4H3/t18-/m0/s1. The summed E-state index contributed by atoms with van der Waals surface area (Å²) in [5.74, 6) is 0.591. The van der Waals surface area contributed by atoms with Crippen molar-refractivity contribution in [3.8, 4) is 0 Å². The number of hydrogen-bond donors (Lipinski definition) is 1. The number of rotatable bonds is 2. The fourth-order valence-corrected chi connectivity index (χ4v) is 3.12. The summed E-state index contributed by atoms with van der Waals surface area (Å²) in [5, 5.41) is 11.1. The molecular formula is C18H21BN2O3. The van der Waals surface area contributed by atoms with Crippen LogP contribution in [0.25, 0.3) is 6.20 Å². The van der Waals surface area contributed by atoms with Crippen LogP contribution in [0.1, 0.15) is 39.1 Å². The van der Waals surface area contributed by atoms with Gasteiger partial charge in [0.05, 0.1) is 11.2 Å². The molecule has 1 atom stereocenters. The summed E-state index contributed by atoms with van der Waals surface area (Å²) in [6, 6.07) is 7.69. The second-order valence-electron chi connectivity index (χ2n) is 7.45. The highest BCUT2D eigenvalue weighted by molar-refractivity contribution is 6.62. The Balaban J connectivity index is 1.71. The van der Waals surface area contributed by atoms with E-state index < -0.39 is 23.9 Å². The Morgan fingerprint density at radius 1 is 1.12 bits per heavy atom. The molecule has 0 spiro atoms. The monoisotopic (exact) mass is 324 g/mol. The fraction of sp³-hybridized carbons (Fsp3) is 0.389. The maximum Gasteiger partial charge on any atom is 0.494 e. The molecule has 0 bridgehead atoms. The first-order chi connectivity index (χ1) is 11.2. The van der Waals surface area contributed by atoms with E-state index >= 15 is 0 Å². The highest BCUT2D eigenvalue weighted by Gasteiger charge is 2.52. The topological polar surface area (TPSA) is 56.5 Å². The van der Waals surface area contributed by atoms with Gasteiger partial charge in [-0.25, -0.2) is 4.98 Å². The first-order valence-corrected chi connectivity index (χ1v) is 8.14. The van der Waals surface area contributed by atoms with E-state index in [9.17, 15) is 5.11 Å². The van der Waals surface area contributed by atoms with E-state index in [0.29, 0.717) is 5.82 Å². The van der Waals surface area contributed by atoms with Gasteiger partial charge in [-0.2, -0.15) is 0 Å². The molecule has 24 heavy (non-hydrogen) atoms. The van der Waals surface area contributed by atoms with Crippen LogP contribution in [-0.2, 0) is 14.9 Å². The van der Waals surface area contributed by atoms with Crippen LogP contribution in [0.4, 0.5) is 0 Å². The average molecular weight is 324 g/mol. The highest BCUT2D eigenvalue weighted by Crippen LogP contribution is 2.37. The first-order valence-electron chi connectivity index (χ1n) is 8.14. The van der Waals surface area contributed by atoms with Crippen molar-refractivity contribution >= 4 is 18.8 Å². The summed E-state index contributed by atoms with van der Waals surface area (Å²) in [6.07, 6.45) is 7.08. The molecule has 1 aromatic carbocycles. The largest absolute Gasteiger partial charge is 0.494 e. The molecule has 5 nitrogen and oxygen atoms in total. The van der Waals surface area contributed by atoms with Crippen LogP contribution in [0, 0.1) is 0 Å². The van der Waals surface area contributed by atoms with Gasteiger partial charge in [-0.15, -0.1) is 0 Å². The van der Waals surface area contributed by atoms with Gasteiger partial charge in [0.1, 0.15) is 0 Å².